The van der Waals surface area contributed by atoms with Gasteiger partial charge >= 0.3 is 5.97 Å². The Morgan fingerprint density at radius 2 is 0.511 bits per heavy atom. The van der Waals surface area contributed by atoms with Crippen molar-refractivity contribution in [3.8, 4) is 0 Å². The molecule has 0 aromatic carbocycles. The molecule has 0 aliphatic carbocycles. The van der Waals surface area contributed by atoms with E-state index in [4.69, 9.17) is 4.74 Å². The number of carbonyl (C=O) groups excluding carboxylic acids is 2. The van der Waals surface area contributed by atoms with Crippen molar-refractivity contribution in [3.63, 3.8) is 0 Å². The minimum absolute atomic E-state index is 0.0277. The number of rotatable bonds is 80. The van der Waals surface area contributed by atoms with Gasteiger partial charge in [0, 0.05) is 12.8 Å². The molecule has 0 fully saturated rings. The van der Waals surface area contributed by atoms with Crippen LogP contribution in [0.25, 0.3) is 0 Å². The van der Waals surface area contributed by atoms with Gasteiger partial charge in [0.25, 0.3) is 0 Å². The molecule has 0 spiro atoms. The zero-order chi connectivity index (χ0) is 64.9. The molecule has 2 atom stereocenters. The summed E-state index contributed by atoms with van der Waals surface area (Å²) >= 11 is 0. The summed E-state index contributed by atoms with van der Waals surface area (Å²) in [6, 6.07) is -0.625. The Labute approximate surface area is 565 Å². The molecular formula is C84H165NO5. The van der Waals surface area contributed by atoms with Crippen molar-refractivity contribution in [1.29, 1.82) is 0 Å². The molecule has 0 bridgehead atoms. The first-order chi connectivity index (χ1) is 44.5. The van der Waals surface area contributed by atoms with Crippen LogP contribution in [-0.2, 0) is 14.3 Å². The van der Waals surface area contributed by atoms with E-state index in [2.05, 4.69) is 19.2 Å². The normalized spacial score (nSPS) is 12.4. The first-order valence-electron chi connectivity index (χ1n) is 42.0. The number of aliphatic hydroxyl groups excluding tert-OH is 2. The Hall–Kier alpha value is -1.40. The van der Waals surface area contributed by atoms with Crippen LogP contribution < -0.4 is 5.32 Å². The van der Waals surface area contributed by atoms with E-state index in [0.717, 1.165) is 38.5 Å². The van der Waals surface area contributed by atoms with Crippen LogP contribution in [0.5, 0.6) is 0 Å². The molecule has 0 saturated carbocycles. The van der Waals surface area contributed by atoms with Crippen molar-refractivity contribution in [2.75, 3.05) is 13.2 Å². The standard InChI is InChI=1S/C84H165NO5/c1-3-5-7-9-11-13-15-17-19-21-23-37-41-44-48-52-56-60-64-68-72-76-82(87)81(80-86)85-83(88)77-73-69-65-61-57-53-49-45-42-38-35-33-31-29-27-25-24-26-28-30-32-34-36-39-43-47-51-55-59-63-67-71-75-79-90-84(89)78-74-70-66-62-58-54-50-46-40-22-20-18-16-14-12-10-8-6-4-2/h72,76,81-82,86-87H,3-71,73-75,77-80H2,1-2H3,(H,85,88)/b76-72+. The summed E-state index contributed by atoms with van der Waals surface area (Å²) in [4.78, 5) is 24.7. The molecule has 0 radical (unpaired) electrons. The molecule has 0 aromatic heterocycles. The Morgan fingerprint density at radius 3 is 0.756 bits per heavy atom. The van der Waals surface area contributed by atoms with Gasteiger partial charge in [-0.2, -0.15) is 0 Å². The number of hydrogen-bond donors (Lipinski definition) is 3. The molecule has 90 heavy (non-hydrogen) atoms. The van der Waals surface area contributed by atoms with Gasteiger partial charge in [0.15, 0.2) is 0 Å². The van der Waals surface area contributed by atoms with E-state index in [1.165, 1.54) is 424 Å². The van der Waals surface area contributed by atoms with E-state index in [9.17, 15) is 19.8 Å². The van der Waals surface area contributed by atoms with Crippen molar-refractivity contribution in [2.24, 2.45) is 0 Å². The lowest BCUT2D eigenvalue weighted by atomic mass is 10.0. The third kappa shape index (κ3) is 75.6. The van der Waals surface area contributed by atoms with Gasteiger partial charge in [-0.3, -0.25) is 9.59 Å². The van der Waals surface area contributed by atoms with Crippen LogP contribution >= 0.6 is 0 Å². The number of hydrogen-bond acceptors (Lipinski definition) is 5. The smallest absolute Gasteiger partial charge is 0.305 e. The number of carbonyl (C=O) groups is 2. The number of aliphatic hydroxyl groups is 2. The molecule has 6 heteroatoms. The molecule has 0 aliphatic heterocycles. The highest BCUT2D eigenvalue weighted by Gasteiger charge is 2.18. The summed E-state index contributed by atoms with van der Waals surface area (Å²) < 4.78 is 5.53. The van der Waals surface area contributed by atoms with Crippen LogP contribution in [-0.4, -0.2) is 47.4 Å². The van der Waals surface area contributed by atoms with E-state index in [0.29, 0.717) is 19.4 Å². The minimum atomic E-state index is -0.842. The largest absolute Gasteiger partial charge is 0.466 e. The topological polar surface area (TPSA) is 95.9 Å². The maximum Gasteiger partial charge on any atom is 0.305 e. The van der Waals surface area contributed by atoms with E-state index in [-0.39, 0.29) is 18.5 Å². The minimum Gasteiger partial charge on any atom is -0.466 e. The predicted octanol–water partition coefficient (Wildman–Crippen LogP) is 27.8. The summed E-state index contributed by atoms with van der Waals surface area (Å²) in [6.07, 6.45) is 102. The number of ether oxygens (including phenoxy) is 1. The number of nitrogens with one attached hydrogen (secondary N) is 1. The van der Waals surface area contributed by atoms with Crippen LogP contribution in [0.4, 0.5) is 0 Å². The summed E-state index contributed by atoms with van der Waals surface area (Å²) in [5.41, 5.74) is 0. The number of allylic oxidation sites excluding steroid dienone is 1. The zero-order valence-corrected chi connectivity index (χ0v) is 61.7. The Kier molecular flexibility index (Phi) is 78.8. The van der Waals surface area contributed by atoms with Crippen molar-refractivity contribution in [1.82, 2.24) is 5.32 Å². The fourth-order valence-corrected chi connectivity index (χ4v) is 13.7. The van der Waals surface area contributed by atoms with E-state index >= 15 is 0 Å². The Bertz CT molecular complexity index is 1370. The molecule has 0 saturated heterocycles. The van der Waals surface area contributed by atoms with Gasteiger partial charge in [0.1, 0.15) is 0 Å². The third-order valence-corrected chi connectivity index (χ3v) is 20.1. The molecule has 6 nitrogen and oxygen atoms in total. The zero-order valence-electron chi connectivity index (χ0n) is 61.7. The third-order valence-electron chi connectivity index (χ3n) is 20.1. The molecule has 1 amide bonds. The lowest BCUT2D eigenvalue weighted by molar-refractivity contribution is -0.143. The van der Waals surface area contributed by atoms with Crippen molar-refractivity contribution >= 4 is 11.9 Å². The Morgan fingerprint density at radius 1 is 0.300 bits per heavy atom. The van der Waals surface area contributed by atoms with Gasteiger partial charge in [-0.1, -0.05) is 456 Å². The second-order valence-corrected chi connectivity index (χ2v) is 29.2. The average molecular weight is 1270 g/mol. The molecular weight excluding hydrogens is 1100 g/mol. The molecule has 536 valence electrons. The second-order valence-electron chi connectivity index (χ2n) is 29.2. The highest BCUT2D eigenvalue weighted by molar-refractivity contribution is 5.76. The van der Waals surface area contributed by atoms with E-state index < -0.39 is 12.1 Å². The van der Waals surface area contributed by atoms with E-state index in [1.54, 1.807) is 6.08 Å². The maximum atomic E-state index is 12.5. The molecule has 0 aliphatic rings. The van der Waals surface area contributed by atoms with Gasteiger partial charge < -0.3 is 20.3 Å². The van der Waals surface area contributed by atoms with Crippen LogP contribution in [0.15, 0.2) is 12.2 Å². The number of esters is 1. The fraction of sp³-hybridized carbons (Fsp3) is 0.952. The summed E-state index contributed by atoms with van der Waals surface area (Å²) in [7, 11) is 0. The fourth-order valence-electron chi connectivity index (χ4n) is 13.7. The van der Waals surface area contributed by atoms with Crippen molar-refractivity contribution in [3.05, 3.63) is 12.2 Å². The van der Waals surface area contributed by atoms with Crippen molar-refractivity contribution < 1.29 is 24.5 Å². The number of unbranched alkanes of at least 4 members (excludes halogenated alkanes) is 69. The first kappa shape index (κ1) is 88.6. The van der Waals surface area contributed by atoms with Gasteiger partial charge in [-0.05, 0) is 32.1 Å². The highest BCUT2D eigenvalue weighted by atomic mass is 16.5. The lowest BCUT2D eigenvalue weighted by Crippen LogP contribution is -2.45. The summed E-state index contributed by atoms with van der Waals surface area (Å²) in [6.45, 7) is 4.98. The predicted molar refractivity (Wildman–Crippen MR) is 398 cm³/mol. The highest BCUT2D eigenvalue weighted by Crippen LogP contribution is 2.21. The monoisotopic (exact) mass is 1270 g/mol. The second kappa shape index (κ2) is 80.0. The van der Waals surface area contributed by atoms with Gasteiger partial charge in [-0.15, -0.1) is 0 Å². The van der Waals surface area contributed by atoms with E-state index in [1.807, 2.05) is 6.08 Å². The van der Waals surface area contributed by atoms with Crippen LogP contribution in [0, 0.1) is 0 Å². The average Bonchev–Trinajstić information content (AvgIpc) is 3.59. The Balaban J connectivity index is 3.32. The van der Waals surface area contributed by atoms with Gasteiger partial charge in [-0.25, -0.2) is 0 Å². The molecule has 3 N–H and O–H groups in total. The number of amides is 1. The summed E-state index contributed by atoms with van der Waals surface area (Å²) in [5, 5.41) is 23.3. The quantitative estimate of drug-likeness (QED) is 0.0320. The molecule has 0 aromatic rings. The maximum absolute atomic E-state index is 12.5. The SMILES string of the molecule is CCCCCCCCCCCCCCCCCCCCC/C=C/C(O)C(CO)NC(=O)CCCCCCCCCCCCCCCCCCCCCCCCCCCCCCCCCCCOC(=O)CCCCCCCCCCCCCCCCCCCCC. The molecule has 0 rings (SSSR count). The van der Waals surface area contributed by atoms with Gasteiger partial charge in [0.2, 0.25) is 5.91 Å². The molecule has 2 unspecified atom stereocenters. The van der Waals surface area contributed by atoms with Crippen LogP contribution in [0.2, 0.25) is 0 Å². The summed E-state index contributed by atoms with van der Waals surface area (Å²) in [5.74, 6) is -0.0299. The van der Waals surface area contributed by atoms with Crippen LogP contribution in [0.3, 0.4) is 0 Å². The lowest BCUT2D eigenvalue weighted by Gasteiger charge is -2.20. The first-order valence-corrected chi connectivity index (χ1v) is 42.0. The van der Waals surface area contributed by atoms with Crippen LogP contribution in [0.1, 0.15) is 489 Å². The molecule has 0 heterocycles. The van der Waals surface area contributed by atoms with Crippen molar-refractivity contribution in [2.45, 2.75) is 501 Å². The van der Waals surface area contributed by atoms with Gasteiger partial charge in [0.05, 0.1) is 25.4 Å².